The van der Waals surface area contributed by atoms with Crippen LogP contribution in [0.1, 0.15) is 45.4 Å². The number of rotatable bonds is 9. The topological polar surface area (TPSA) is 79.8 Å². The lowest BCUT2D eigenvalue weighted by Crippen LogP contribution is -2.43. The van der Waals surface area contributed by atoms with E-state index in [9.17, 15) is 8.42 Å². The molecule has 1 unspecified atom stereocenters. The fourth-order valence-electron chi connectivity index (χ4n) is 2.48. The minimum atomic E-state index is -2.91. The Balaban J connectivity index is 0.00000484. The summed E-state index contributed by atoms with van der Waals surface area (Å²) in [6.45, 7) is 3.53. The van der Waals surface area contributed by atoms with Crippen molar-refractivity contribution in [2.45, 2.75) is 57.6 Å². The number of nitrogens with one attached hydrogen (secondary N) is 2. The van der Waals surface area contributed by atoms with Crippen molar-refractivity contribution in [1.82, 2.24) is 10.6 Å². The Labute approximate surface area is 158 Å². The van der Waals surface area contributed by atoms with Crippen LogP contribution in [0.25, 0.3) is 0 Å². The molecule has 0 bridgehead atoms. The number of hydrogen-bond donors (Lipinski definition) is 2. The average molecular weight is 461 g/mol. The van der Waals surface area contributed by atoms with Crippen LogP contribution in [0.3, 0.4) is 0 Å². The Kier molecular flexibility index (Phi) is 12.2. The first-order valence-electron chi connectivity index (χ1n) is 8.17. The second-order valence-electron chi connectivity index (χ2n) is 6.09. The van der Waals surface area contributed by atoms with Crippen LogP contribution >= 0.6 is 24.0 Å². The van der Waals surface area contributed by atoms with E-state index >= 15 is 0 Å². The molecule has 0 radical (unpaired) electrons. The van der Waals surface area contributed by atoms with Gasteiger partial charge in [0.25, 0.3) is 0 Å². The molecule has 0 aromatic rings. The second kappa shape index (κ2) is 12.3. The molecule has 0 aliphatic heterocycles. The van der Waals surface area contributed by atoms with Crippen LogP contribution in [0, 0.1) is 0 Å². The number of guanidine groups is 1. The van der Waals surface area contributed by atoms with Crippen molar-refractivity contribution in [2.75, 3.05) is 32.2 Å². The lowest BCUT2D eigenvalue weighted by molar-refractivity contribution is 0.0574. The van der Waals surface area contributed by atoms with Crippen molar-refractivity contribution in [3.63, 3.8) is 0 Å². The molecule has 23 heavy (non-hydrogen) atoms. The van der Waals surface area contributed by atoms with E-state index in [1.54, 1.807) is 7.05 Å². The van der Waals surface area contributed by atoms with E-state index in [0.717, 1.165) is 19.6 Å². The number of ether oxygens (including phenoxy) is 1. The maximum absolute atomic E-state index is 11.2. The Morgan fingerprint density at radius 3 is 2.57 bits per heavy atom. The molecule has 0 saturated heterocycles. The first-order chi connectivity index (χ1) is 10.4. The molecule has 0 spiro atoms. The van der Waals surface area contributed by atoms with E-state index in [0.29, 0.717) is 18.5 Å². The Hall–Kier alpha value is -0.0900. The average Bonchev–Trinajstić information content (AvgIpc) is 2.96. The molecular weight excluding hydrogens is 429 g/mol. The summed E-state index contributed by atoms with van der Waals surface area (Å²) in [5.74, 6) is 0.898. The molecule has 2 N–H and O–H groups in total. The summed E-state index contributed by atoms with van der Waals surface area (Å²) in [5.41, 5.74) is 0. The first kappa shape index (κ1) is 22.9. The molecule has 1 aliphatic rings. The van der Waals surface area contributed by atoms with E-state index in [1.807, 2.05) is 6.92 Å². The van der Waals surface area contributed by atoms with Gasteiger partial charge in [-0.3, -0.25) is 4.99 Å². The van der Waals surface area contributed by atoms with Crippen molar-refractivity contribution < 1.29 is 13.2 Å². The van der Waals surface area contributed by atoms with Crippen LogP contribution in [0.15, 0.2) is 4.99 Å². The van der Waals surface area contributed by atoms with Crippen molar-refractivity contribution in [3.8, 4) is 0 Å². The van der Waals surface area contributed by atoms with Crippen LogP contribution in [-0.4, -0.2) is 58.7 Å². The van der Waals surface area contributed by atoms with E-state index in [1.165, 1.54) is 31.9 Å². The predicted octanol–water partition coefficient (Wildman–Crippen LogP) is 1.94. The lowest BCUT2D eigenvalue weighted by Gasteiger charge is -2.18. The number of sulfone groups is 1. The molecular formula is C15H32IN3O3S. The minimum absolute atomic E-state index is 0. The zero-order chi connectivity index (χ0) is 16.4. The molecule has 1 aliphatic carbocycles. The first-order valence-corrected chi connectivity index (χ1v) is 10.2. The largest absolute Gasteiger partial charge is 0.378 e. The van der Waals surface area contributed by atoms with Gasteiger partial charge in [0, 0.05) is 32.5 Å². The summed E-state index contributed by atoms with van der Waals surface area (Å²) in [6, 6.07) is 0.0654. The molecule has 0 amide bonds. The zero-order valence-electron chi connectivity index (χ0n) is 14.5. The smallest absolute Gasteiger partial charge is 0.191 e. The molecule has 8 heteroatoms. The highest BCUT2D eigenvalue weighted by atomic mass is 127. The molecule has 138 valence electrons. The molecule has 0 aromatic carbocycles. The van der Waals surface area contributed by atoms with Crippen LogP contribution in [-0.2, 0) is 14.6 Å². The Morgan fingerprint density at radius 2 is 2.00 bits per heavy atom. The van der Waals surface area contributed by atoms with E-state index in [4.69, 9.17) is 4.74 Å². The molecule has 1 rings (SSSR count). The van der Waals surface area contributed by atoms with Crippen LogP contribution in [0.4, 0.5) is 0 Å². The third-order valence-corrected chi connectivity index (χ3v) is 4.77. The van der Waals surface area contributed by atoms with E-state index in [2.05, 4.69) is 15.6 Å². The highest BCUT2D eigenvalue weighted by molar-refractivity contribution is 14.0. The van der Waals surface area contributed by atoms with Gasteiger partial charge in [0.1, 0.15) is 9.84 Å². The standard InChI is InChI=1S/C15H31N3O3S.HI/c1-13(9-12-22(3,19)20)18-15(16-2)17-10-6-11-21-14-7-4-5-8-14;/h13-14H,4-12H2,1-3H3,(H2,16,17,18);1H. The second-order valence-corrected chi connectivity index (χ2v) is 8.35. The van der Waals surface area contributed by atoms with Crippen LogP contribution in [0.5, 0.6) is 0 Å². The highest BCUT2D eigenvalue weighted by Gasteiger charge is 2.14. The van der Waals surface area contributed by atoms with Crippen molar-refractivity contribution >= 4 is 39.8 Å². The summed E-state index contributed by atoms with van der Waals surface area (Å²) < 4.78 is 28.1. The lowest BCUT2D eigenvalue weighted by atomic mass is 10.3. The predicted molar refractivity (Wildman–Crippen MR) is 107 cm³/mol. The van der Waals surface area contributed by atoms with E-state index in [-0.39, 0.29) is 35.8 Å². The van der Waals surface area contributed by atoms with Crippen molar-refractivity contribution in [1.29, 1.82) is 0 Å². The van der Waals surface area contributed by atoms with Crippen molar-refractivity contribution in [2.24, 2.45) is 4.99 Å². The van der Waals surface area contributed by atoms with Gasteiger partial charge in [-0.15, -0.1) is 24.0 Å². The molecule has 0 heterocycles. The summed E-state index contributed by atoms with van der Waals surface area (Å²) in [6.07, 6.45) is 8.24. The molecule has 1 fully saturated rings. The van der Waals surface area contributed by atoms with Gasteiger partial charge in [-0.05, 0) is 32.6 Å². The summed E-state index contributed by atoms with van der Waals surface area (Å²) >= 11 is 0. The number of hydrogen-bond acceptors (Lipinski definition) is 4. The molecule has 1 saturated carbocycles. The van der Waals surface area contributed by atoms with Gasteiger partial charge < -0.3 is 15.4 Å². The van der Waals surface area contributed by atoms with Gasteiger partial charge in [0.15, 0.2) is 5.96 Å². The summed E-state index contributed by atoms with van der Waals surface area (Å²) in [4.78, 5) is 4.15. The van der Waals surface area contributed by atoms with Gasteiger partial charge in [-0.2, -0.15) is 0 Å². The molecule has 1 atom stereocenters. The van der Waals surface area contributed by atoms with Crippen molar-refractivity contribution in [3.05, 3.63) is 0 Å². The third-order valence-electron chi connectivity index (χ3n) is 3.80. The number of aliphatic imine (C=N–C) groups is 1. The zero-order valence-corrected chi connectivity index (χ0v) is 17.7. The third kappa shape index (κ3) is 12.0. The fraction of sp³-hybridized carbons (Fsp3) is 0.933. The number of nitrogens with zero attached hydrogens (tertiary/aromatic N) is 1. The Bertz CT molecular complexity index is 437. The van der Waals surface area contributed by atoms with Gasteiger partial charge in [-0.25, -0.2) is 8.42 Å². The monoisotopic (exact) mass is 461 g/mol. The van der Waals surface area contributed by atoms with Crippen LogP contribution in [0.2, 0.25) is 0 Å². The minimum Gasteiger partial charge on any atom is -0.378 e. The maximum Gasteiger partial charge on any atom is 0.191 e. The number of halogens is 1. The summed E-state index contributed by atoms with van der Waals surface area (Å²) in [5, 5.41) is 6.44. The van der Waals surface area contributed by atoms with Crippen LogP contribution < -0.4 is 10.6 Å². The molecule has 6 nitrogen and oxygen atoms in total. The normalized spacial score (nSPS) is 17.6. The van der Waals surface area contributed by atoms with E-state index < -0.39 is 9.84 Å². The quantitative estimate of drug-likeness (QED) is 0.238. The fourth-order valence-corrected chi connectivity index (χ4v) is 3.26. The van der Waals surface area contributed by atoms with Gasteiger partial charge in [-0.1, -0.05) is 12.8 Å². The molecule has 0 aromatic heterocycles. The Morgan fingerprint density at radius 1 is 1.35 bits per heavy atom. The maximum atomic E-state index is 11.2. The van der Waals surface area contributed by atoms with Gasteiger partial charge >= 0.3 is 0 Å². The summed E-state index contributed by atoms with van der Waals surface area (Å²) in [7, 11) is -1.20. The SMILES string of the molecule is CN=C(NCCCOC1CCCC1)NC(C)CCS(C)(=O)=O.I. The van der Waals surface area contributed by atoms with Gasteiger partial charge in [0.2, 0.25) is 0 Å². The highest BCUT2D eigenvalue weighted by Crippen LogP contribution is 2.20. The van der Waals surface area contributed by atoms with Gasteiger partial charge in [0.05, 0.1) is 11.9 Å².